The van der Waals surface area contributed by atoms with Crippen LogP contribution < -0.4 is 45.6 Å². The van der Waals surface area contributed by atoms with Gasteiger partial charge in [0.05, 0.1) is 0 Å². The zero-order chi connectivity index (χ0) is 66.0. The summed E-state index contributed by atoms with van der Waals surface area (Å²) in [6.45, 7) is 45.0. The Labute approximate surface area is 600 Å². The molecule has 0 radical (unpaired) electrons. The summed E-state index contributed by atoms with van der Waals surface area (Å²) >= 11 is 2.53. The van der Waals surface area contributed by atoms with Crippen molar-refractivity contribution in [1.29, 1.82) is 0 Å². The molecule has 2 atom stereocenters. The van der Waals surface area contributed by atoms with Crippen LogP contribution in [-0.2, 0) is 80.5 Å². The molecule has 0 saturated heterocycles. The van der Waals surface area contributed by atoms with Crippen LogP contribution in [0.4, 0.5) is 0 Å². The third-order valence-electron chi connectivity index (χ3n) is 16.9. The van der Waals surface area contributed by atoms with Crippen LogP contribution in [0.25, 0.3) is 22.3 Å². The van der Waals surface area contributed by atoms with E-state index in [0.717, 1.165) is 12.8 Å². The Morgan fingerprint density at radius 1 is 0.337 bits per heavy atom. The summed E-state index contributed by atoms with van der Waals surface area (Å²) in [6, 6.07) is 73.7. The van der Waals surface area contributed by atoms with E-state index >= 15 is 0 Å². The van der Waals surface area contributed by atoms with Crippen LogP contribution in [0.5, 0.6) is 0 Å². The minimum atomic E-state index is -0.406. The quantitative estimate of drug-likeness (QED) is 0.122. The SMILES string of the molecule is CC(C)(C)c1c[c-]c2c(c1)-c1cc(C(C)(C)C)ccc1C2.CC(C)(C)c1c[c-]c2c(c1)-c1cc(C(C)(C)C)ccc1C2.CC1[C-]=CC(C(C)(C)C)=C1.CC1[C-]=CC(C(C)(C)C)=C1.[Cl-].[Cl-].[Hf+2]=[Si](c1ccccc1)c1ccccc1.[Hf+2]=[Si](c1ccccc1)c1ccccc1. The van der Waals surface area contributed by atoms with E-state index < -0.39 is 11.0 Å². The molecule has 8 aromatic carbocycles. The Morgan fingerprint density at radius 3 is 0.815 bits per heavy atom. The van der Waals surface area contributed by atoms with Crippen molar-refractivity contribution in [3.05, 3.63) is 286 Å². The normalized spacial score (nSPS) is 14.9. The number of fused-ring (bicyclic) bond motifs is 6. The molecule has 476 valence electrons. The topological polar surface area (TPSA) is 0 Å². The van der Waals surface area contributed by atoms with Gasteiger partial charge in [-0.05, 0) is 34.8 Å². The number of benzene rings is 8. The van der Waals surface area contributed by atoms with Crippen LogP contribution in [0.3, 0.4) is 0 Å². The van der Waals surface area contributed by atoms with Crippen molar-refractivity contribution in [2.45, 2.75) is 173 Å². The molecule has 12 rings (SSSR count). The predicted octanol–water partition coefficient (Wildman–Crippen LogP) is 13.9. The zero-order valence-electron chi connectivity index (χ0n) is 59.0. The molecule has 0 nitrogen and oxygen atoms in total. The van der Waals surface area contributed by atoms with E-state index in [1.54, 1.807) is 0 Å². The predicted molar refractivity (Wildman–Crippen MR) is 387 cm³/mol. The molecule has 0 aromatic heterocycles. The third kappa shape index (κ3) is 22.3. The first-order valence-corrected chi connectivity index (χ1v) is 46.3. The van der Waals surface area contributed by atoms with Crippen LogP contribution >= 0.6 is 0 Å². The van der Waals surface area contributed by atoms with Crippen molar-refractivity contribution in [2.75, 3.05) is 0 Å². The fourth-order valence-electron chi connectivity index (χ4n) is 10.8. The minimum absolute atomic E-state index is 0. The molecule has 6 heteroatoms. The fourth-order valence-corrected chi connectivity index (χ4v) is 20.8. The first-order chi connectivity index (χ1) is 42.1. The van der Waals surface area contributed by atoms with Crippen molar-refractivity contribution < 1.29 is 70.8 Å². The molecule has 0 spiro atoms. The maximum atomic E-state index is 3.53. The molecule has 4 aliphatic carbocycles. The van der Waals surface area contributed by atoms with Gasteiger partial charge in [0.1, 0.15) is 0 Å². The first kappa shape index (κ1) is 78.2. The molecule has 92 heavy (non-hydrogen) atoms. The third-order valence-corrected chi connectivity index (χ3v) is 33.0. The van der Waals surface area contributed by atoms with Crippen LogP contribution in [0.1, 0.15) is 183 Å². The number of allylic oxidation sites excluding steroid dienone is 8. The Kier molecular flexibility index (Phi) is 28.4. The molecule has 8 aromatic rings. The summed E-state index contributed by atoms with van der Waals surface area (Å²) in [5.41, 5.74) is 20.2. The summed E-state index contributed by atoms with van der Waals surface area (Å²) in [4.78, 5) is 0. The average Bonchev–Trinajstić information content (AvgIpc) is 1.61. The van der Waals surface area contributed by atoms with E-state index in [4.69, 9.17) is 0 Å². The Bertz CT molecular complexity index is 3400. The Morgan fingerprint density at radius 2 is 0.598 bits per heavy atom. The number of hydrogen-bond acceptors (Lipinski definition) is 0. The van der Waals surface area contributed by atoms with E-state index in [1.165, 1.54) is 145 Å². The Hall–Kier alpha value is -4.53. The fraction of sp³-hybridized carbons (Fsp3) is 0.349. The molecule has 0 bridgehead atoms. The second-order valence-electron chi connectivity index (χ2n) is 30.8. The molecule has 0 heterocycles. The summed E-state index contributed by atoms with van der Waals surface area (Å²) < 4.78 is 0. The summed E-state index contributed by atoms with van der Waals surface area (Å²) in [7, 11) is 0. The van der Waals surface area contributed by atoms with Crippen molar-refractivity contribution in [1.82, 2.24) is 0 Å². The second-order valence-corrected chi connectivity index (χ2v) is 45.4. The van der Waals surface area contributed by atoms with E-state index in [9.17, 15) is 0 Å². The maximum absolute atomic E-state index is 3.53. The van der Waals surface area contributed by atoms with Gasteiger partial charge in [-0.3, -0.25) is 12.2 Å². The molecular formula is C86H100Cl2Hf2Si2-2. The van der Waals surface area contributed by atoms with E-state index in [1.807, 2.05) is 0 Å². The van der Waals surface area contributed by atoms with Gasteiger partial charge in [-0.25, -0.2) is 12.2 Å². The van der Waals surface area contributed by atoms with Gasteiger partial charge in [-0.15, -0.1) is 11.1 Å². The number of rotatable bonds is 4. The molecule has 0 saturated carbocycles. The summed E-state index contributed by atoms with van der Waals surface area (Å²) in [5.74, 6) is 1.04. The van der Waals surface area contributed by atoms with Crippen LogP contribution in [0.15, 0.2) is 217 Å². The van der Waals surface area contributed by atoms with Crippen molar-refractivity contribution in [3.8, 4) is 22.3 Å². The van der Waals surface area contributed by atoms with Gasteiger partial charge in [0.25, 0.3) is 0 Å². The number of halogens is 2. The summed E-state index contributed by atoms with van der Waals surface area (Å²) in [6.07, 6.45) is 17.4. The molecule has 0 amide bonds. The van der Waals surface area contributed by atoms with Gasteiger partial charge in [-0.2, -0.15) is 82.0 Å². The molecule has 0 N–H and O–H groups in total. The van der Waals surface area contributed by atoms with Gasteiger partial charge in [0.2, 0.25) is 0 Å². The van der Waals surface area contributed by atoms with Crippen molar-refractivity contribution in [3.63, 3.8) is 0 Å². The van der Waals surface area contributed by atoms with Gasteiger partial charge >= 0.3 is 199 Å². The van der Waals surface area contributed by atoms with Crippen LogP contribution in [-0.4, -0.2) is 11.0 Å². The standard InChI is InChI=1S/2C21H25.2C12H10Si.2C10H15.2ClH.2Hf/c2*1-20(2,3)16-9-7-14-11-15-8-10-17(21(4,5)6)13-19(15)18(14)12-16;2*1-3-7-11(8-4-1)13-12-9-5-2-6-10-12;2*1-8-5-6-9(7-8)10(2,3)4;;;;/h2*7,9-10,12-13H,11H2,1-6H3;2*1-10H;2*6-8H,1-4H3;2*1H;;/q2*-1;;;2*-1;;;2*+2/p-2. The van der Waals surface area contributed by atoms with Crippen LogP contribution in [0.2, 0.25) is 0 Å². The molecule has 0 aliphatic heterocycles. The van der Waals surface area contributed by atoms with E-state index in [2.05, 4.69) is 369 Å². The Balaban J connectivity index is 0.000000204. The zero-order valence-corrected chi connectivity index (χ0v) is 69.7. The average molecular weight is 1620 g/mol. The van der Waals surface area contributed by atoms with E-state index in [0.29, 0.717) is 22.7 Å². The second kappa shape index (κ2) is 33.4. The van der Waals surface area contributed by atoms with Crippen LogP contribution in [0, 0.1) is 47.0 Å². The van der Waals surface area contributed by atoms with Crippen molar-refractivity contribution >= 4 is 31.7 Å². The molecule has 2 unspecified atom stereocenters. The summed E-state index contributed by atoms with van der Waals surface area (Å²) in [5, 5.41) is 6.15. The molecular weight excluding hydrogens is 1520 g/mol. The van der Waals surface area contributed by atoms with E-state index in [-0.39, 0.29) is 46.5 Å². The first-order valence-electron chi connectivity index (χ1n) is 32.5. The van der Waals surface area contributed by atoms with Gasteiger partial charge in [0, 0.05) is 0 Å². The monoisotopic (exact) mass is 1620 g/mol. The van der Waals surface area contributed by atoms with Gasteiger partial charge < -0.3 is 24.8 Å². The molecule has 0 fully saturated rings. The molecule has 4 aliphatic rings. The number of hydrogen-bond donors (Lipinski definition) is 0. The van der Waals surface area contributed by atoms with Gasteiger partial charge in [0.15, 0.2) is 0 Å². The van der Waals surface area contributed by atoms with Gasteiger partial charge in [-0.1, -0.05) is 231 Å². The van der Waals surface area contributed by atoms with Crippen molar-refractivity contribution in [2.24, 2.45) is 22.7 Å².